The van der Waals surface area contributed by atoms with Crippen molar-refractivity contribution >= 4 is 12.0 Å². The molecule has 3 N–H and O–H groups in total. The number of nitrogens with zero attached hydrogens (tertiary/aromatic N) is 5. The Morgan fingerprint density at radius 3 is 2.68 bits per heavy atom. The lowest BCUT2D eigenvalue weighted by atomic mass is 10.1. The number of halogens is 1. The zero-order chi connectivity index (χ0) is 24.2. The molecule has 172 valence electrons. The second-order valence-corrected chi connectivity index (χ2v) is 6.81. The summed E-state index contributed by atoms with van der Waals surface area (Å²) in [5.74, 6) is -1.98. The van der Waals surface area contributed by atoms with Crippen LogP contribution < -0.4 is 21.3 Å². The molecular weight excluding hydrogens is 449 g/mol. The third-order valence-corrected chi connectivity index (χ3v) is 4.52. The van der Waals surface area contributed by atoms with Gasteiger partial charge in [0.1, 0.15) is 17.8 Å². The van der Waals surface area contributed by atoms with Crippen molar-refractivity contribution in [2.45, 2.75) is 6.54 Å². The van der Waals surface area contributed by atoms with Gasteiger partial charge >= 0.3 is 6.09 Å². The Bertz CT molecular complexity index is 1440. The molecule has 0 radical (unpaired) electrons. The molecule has 0 spiro atoms. The molecule has 4 aromatic heterocycles. The maximum absolute atomic E-state index is 13.9. The van der Waals surface area contributed by atoms with Gasteiger partial charge in [-0.15, -0.1) is 0 Å². The Balaban J connectivity index is 1.83. The van der Waals surface area contributed by atoms with Gasteiger partial charge in [-0.3, -0.25) is 14.6 Å². The van der Waals surface area contributed by atoms with Crippen molar-refractivity contribution in [1.29, 1.82) is 0 Å². The van der Waals surface area contributed by atoms with Crippen LogP contribution in [0.15, 0.2) is 58.3 Å². The van der Waals surface area contributed by atoms with Crippen LogP contribution in [0.1, 0.15) is 16.2 Å². The number of carbonyl (C=O) groups excluding carboxylic acids is 2. The second-order valence-electron chi connectivity index (χ2n) is 6.81. The Hall–Kier alpha value is -4.94. The zero-order valence-electron chi connectivity index (χ0n) is 17.6. The van der Waals surface area contributed by atoms with E-state index < -0.39 is 29.4 Å². The fourth-order valence-corrected chi connectivity index (χ4v) is 2.96. The van der Waals surface area contributed by atoms with Crippen LogP contribution in [0.5, 0.6) is 5.88 Å². The van der Waals surface area contributed by atoms with Gasteiger partial charge in [-0.25, -0.2) is 24.1 Å². The van der Waals surface area contributed by atoms with Gasteiger partial charge in [-0.05, 0) is 18.2 Å². The Labute approximate surface area is 190 Å². The first-order chi connectivity index (χ1) is 16.3. The van der Waals surface area contributed by atoms with Crippen molar-refractivity contribution in [3.63, 3.8) is 0 Å². The average Bonchev–Trinajstić information content (AvgIpc) is 3.34. The second kappa shape index (κ2) is 9.28. The fourth-order valence-electron chi connectivity index (χ4n) is 2.96. The van der Waals surface area contributed by atoms with E-state index in [4.69, 9.17) is 14.9 Å². The molecule has 0 fully saturated rings. The summed E-state index contributed by atoms with van der Waals surface area (Å²) in [4.78, 5) is 52.7. The third-order valence-electron chi connectivity index (χ3n) is 4.52. The van der Waals surface area contributed by atoms with Crippen molar-refractivity contribution in [2.24, 2.45) is 12.8 Å². The Morgan fingerprint density at radius 2 is 2.00 bits per heavy atom. The number of hydrogen-bond acceptors (Lipinski definition) is 9. The number of nitrogens with two attached hydrogens (primary N) is 1. The maximum Gasteiger partial charge on any atom is 0.411 e. The van der Waals surface area contributed by atoms with Gasteiger partial charge < -0.3 is 24.8 Å². The zero-order valence-corrected chi connectivity index (χ0v) is 17.6. The molecule has 0 aliphatic rings. The number of rotatable bonds is 6. The van der Waals surface area contributed by atoms with Gasteiger partial charge in [0.15, 0.2) is 11.4 Å². The van der Waals surface area contributed by atoms with E-state index in [9.17, 15) is 18.8 Å². The summed E-state index contributed by atoms with van der Waals surface area (Å²) in [5, 5.41) is 2.45. The van der Waals surface area contributed by atoms with Crippen LogP contribution in [0, 0.1) is 5.82 Å². The molecule has 0 bridgehead atoms. The number of amides is 2. The highest BCUT2D eigenvalue weighted by Crippen LogP contribution is 2.31. The van der Waals surface area contributed by atoms with Crippen LogP contribution in [-0.4, -0.2) is 36.5 Å². The number of carbonyl (C=O) groups is 2. The number of ether oxygens (including phenoxy) is 1. The summed E-state index contributed by atoms with van der Waals surface area (Å²) < 4.78 is 25.4. The molecule has 4 rings (SSSR count). The van der Waals surface area contributed by atoms with Gasteiger partial charge in [0.05, 0.1) is 18.4 Å². The summed E-state index contributed by atoms with van der Waals surface area (Å²) in [5.41, 5.74) is 4.93. The lowest BCUT2D eigenvalue weighted by Crippen LogP contribution is -2.28. The summed E-state index contributed by atoms with van der Waals surface area (Å²) in [6.45, 7) is -0.278. The van der Waals surface area contributed by atoms with Crippen molar-refractivity contribution in [1.82, 2.24) is 29.8 Å². The minimum absolute atomic E-state index is 0.00758. The third kappa shape index (κ3) is 4.62. The SMILES string of the molecule is Cn1cc(-c2nc(C(=O)NCc3ncccc3F)c(OC(N)=O)nc2-c2ncco2)ccc1=O. The van der Waals surface area contributed by atoms with Crippen LogP contribution in [0.3, 0.4) is 0 Å². The van der Waals surface area contributed by atoms with Gasteiger partial charge in [0.2, 0.25) is 11.4 Å². The number of hydrogen-bond donors (Lipinski definition) is 2. The van der Waals surface area contributed by atoms with Crippen LogP contribution >= 0.6 is 0 Å². The quantitative estimate of drug-likeness (QED) is 0.428. The van der Waals surface area contributed by atoms with Crippen molar-refractivity contribution < 1.29 is 23.1 Å². The summed E-state index contributed by atoms with van der Waals surface area (Å²) in [6, 6.07) is 5.37. The van der Waals surface area contributed by atoms with E-state index in [1.807, 2.05) is 0 Å². The maximum atomic E-state index is 13.9. The lowest BCUT2D eigenvalue weighted by molar-refractivity contribution is 0.0941. The lowest BCUT2D eigenvalue weighted by Gasteiger charge is -2.13. The molecular formula is C21H16FN7O5. The molecule has 2 amide bonds. The topological polar surface area (TPSA) is 168 Å². The minimum atomic E-state index is -1.24. The first-order valence-electron chi connectivity index (χ1n) is 9.67. The van der Waals surface area contributed by atoms with Crippen molar-refractivity contribution in [3.8, 4) is 28.7 Å². The molecule has 12 nitrogen and oxygen atoms in total. The number of aryl methyl sites for hydroxylation is 1. The molecule has 0 saturated carbocycles. The molecule has 0 saturated heterocycles. The van der Waals surface area contributed by atoms with Crippen LogP contribution in [-0.2, 0) is 13.6 Å². The standard InChI is InChI=1S/C21H16FN7O5/c1-29-10-11(4-5-14(29)30)15-16(19-25-7-8-33-19)28-20(34-21(23)32)17(27-15)18(31)26-9-13-12(22)3-2-6-24-13/h2-8,10H,9H2,1H3,(H2,23,32)(H,26,31). The number of nitrogens with one attached hydrogen (secondary N) is 1. The minimum Gasteiger partial charge on any atom is -0.443 e. The van der Waals surface area contributed by atoms with Crippen molar-refractivity contribution in [3.05, 3.63) is 76.7 Å². The normalized spacial score (nSPS) is 10.6. The molecule has 13 heteroatoms. The van der Waals surface area contributed by atoms with E-state index in [0.29, 0.717) is 5.56 Å². The molecule has 4 aromatic rings. The van der Waals surface area contributed by atoms with E-state index in [1.165, 1.54) is 60.7 Å². The Morgan fingerprint density at radius 1 is 1.18 bits per heavy atom. The average molecular weight is 465 g/mol. The number of aromatic nitrogens is 5. The summed E-state index contributed by atoms with van der Waals surface area (Å²) >= 11 is 0. The van der Waals surface area contributed by atoms with Crippen LogP contribution in [0.2, 0.25) is 0 Å². The first-order valence-corrected chi connectivity index (χ1v) is 9.67. The molecule has 4 heterocycles. The molecule has 0 atom stereocenters. The molecule has 0 unspecified atom stereocenters. The fraction of sp³-hybridized carbons (Fsp3) is 0.0952. The van der Waals surface area contributed by atoms with E-state index >= 15 is 0 Å². The highest BCUT2D eigenvalue weighted by Gasteiger charge is 2.26. The number of pyridine rings is 2. The van der Waals surface area contributed by atoms with E-state index in [2.05, 4.69) is 25.3 Å². The summed E-state index contributed by atoms with van der Waals surface area (Å²) in [6.07, 6.45) is 4.25. The highest BCUT2D eigenvalue weighted by molar-refractivity contribution is 5.96. The molecule has 0 aromatic carbocycles. The largest absolute Gasteiger partial charge is 0.443 e. The monoisotopic (exact) mass is 465 g/mol. The predicted molar refractivity (Wildman–Crippen MR) is 114 cm³/mol. The number of primary amides is 1. The van der Waals surface area contributed by atoms with E-state index in [-0.39, 0.29) is 35.1 Å². The number of oxazole rings is 1. The molecule has 34 heavy (non-hydrogen) atoms. The Kier molecular flexibility index (Phi) is 6.07. The smallest absolute Gasteiger partial charge is 0.411 e. The van der Waals surface area contributed by atoms with Gasteiger partial charge in [0, 0.05) is 31.1 Å². The summed E-state index contributed by atoms with van der Waals surface area (Å²) in [7, 11) is 1.53. The first kappa shape index (κ1) is 22.3. The molecule has 0 aliphatic heterocycles. The van der Waals surface area contributed by atoms with Crippen molar-refractivity contribution in [2.75, 3.05) is 0 Å². The van der Waals surface area contributed by atoms with Gasteiger partial charge in [-0.1, -0.05) is 0 Å². The van der Waals surface area contributed by atoms with E-state index in [0.717, 1.165) is 0 Å². The highest BCUT2D eigenvalue weighted by atomic mass is 19.1. The van der Waals surface area contributed by atoms with Crippen LogP contribution in [0.25, 0.3) is 22.8 Å². The van der Waals surface area contributed by atoms with E-state index in [1.54, 1.807) is 0 Å². The van der Waals surface area contributed by atoms with Crippen LogP contribution in [0.4, 0.5) is 9.18 Å². The van der Waals surface area contributed by atoms with Gasteiger partial charge in [0.25, 0.3) is 11.8 Å². The predicted octanol–water partition coefficient (Wildman–Crippen LogP) is 1.42. The molecule has 0 aliphatic carbocycles. The van der Waals surface area contributed by atoms with Gasteiger partial charge in [-0.2, -0.15) is 0 Å².